The molecule has 3 atom stereocenters. The Morgan fingerprint density at radius 3 is 2.23 bits per heavy atom. The van der Waals surface area contributed by atoms with Gasteiger partial charge in [-0.2, -0.15) is 4.36 Å². The molecule has 0 saturated carbocycles. The van der Waals surface area contributed by atoms with Gasteiger partial charge in [0.15, 0.2) is 12.7 Å². The van der Waals surface area contributed by atoms with Crippen molar-refractivity contribution in [2.45, 2.75) is 63.0 Å². The molecular formula is C20H27F3N2O5S. The normalized spacial score (nSPS) is 22.6. The summed E-state index contributed by atoms with van der Waals surface area (Å²) in [6, 6.07) is 2.88. The number of hydrogen-bond acceptors (Lipinski definition) is 5. The van der Waals surface area contributed by atoms with Crippen molar-refractivity contribution >= 4 is 21.7 Å². The predicted octanol–water partition coefficient (Wildman–Crippen LogP) is 4.32. The number of benzene rings is 1. The highest BCUT2D eigenvalue weighted by molar-refractivity contribution is 7.93. The van der Waals surface area contributed by atoms with Crippen molar-refractivity contribution in [1.29, 1.82) is 0 Å². The molecule has 1 aromatic carbocycles. The summed E-state index contributed by atoms with van der Waals surface area (Å²) >= 11 is 0. The van der Waals surface area contributed by atoms with E-state index in [1.807, 2.05) is 0 Å². The molecular weight excluding hydrogens is 437 g/mol. The SMILES string of the molecule is CC(C)(C)OC(=O)N1[C@@H](CF)[C@@H](c2ccc(S(=O)(CF)=NC(=O)CF)cc2)OC1(C)C. The van der Waals surface area contributed by atoms with Gasteiger partial charge in [-0.15, -0.1) is 0 Å². The second kappa shape index (κ2) is 9.15. The van der Waals surface area contributed by atoms with Crippen LogP contribution in [0.5, 0.6) is 0 Å². The van der Waals surface area contributed by atoms with Gasteiger partial charge in [0.05, 0.1) is 10.9 Å². The number of halogens is 3. The van der Waals surface area contributed by atoms with E-state index in [9.17, 15) is 27.0 Å². The third kappa shape index (κ3) is 5.57. The fraction of sp³-hybridized carbons (Fsp3) is 0.600. The van der Waals surface area contributed by atoms with Crippen molar-refractivity contribution in [2.24, 2.45) is 4.36 Å². The molecule has 2 rings (SSSR count). The van der Waals surface area contributed by atoms with Gasteiger partial charge in [-0.1, -0.05) is 12.1 Å². The Bertz CT molecular complexity index is 937. The standard InChI is InChI=1S/C20H27F3N2O5S/c1-19(2,3)30-18(27)25-15(10-21)17(29-20(25,4)5)13-6-8-14(9-7-13)31(28,12-23)24-16(26)11-22/h6-9,15,17H,10-12H2,1-5H3/t15-,17+,31?/m0/s1. The maximum atomic E-state index is 14.0. The summed E-state index contributed by atoms with van der Waals surface area (Å²) in [4.78, 5) is 24.9. The van der Waals surface area contributed by atoms with E-state index in [2.05, 4.69) is 4.36 Å². The number of carbonyl (C=O) groups is 2. The first-order chi connectivity index (χ1) is 14.3. The summed E-state index contributed by atoms with van der Waals surface area (Å²) in [6.45, 7) is 5.87. The van der Waals surface area contributed by atoms with Gasteiger partial charge in [0.2, 0.25) is 0 Å². The van der Waals surface area contributed by atoms with E-state index in [4.69, 9.17) is 9.47 Å². The molecule has 7 nitrogen and oxygen atoms in total. The molecule has 1 aliphatic heterocycles. The molecule has 1 aromatic rings. The van der Waals surface area contributed by atoms with Gasteiger partial charge in [-0.25, -0.2) is 22.2 Å². The number of alkyl halides is 3. The highest BCUT2D eigenvalue weighted by Crippen LogP contribution is 2.42. The molecule has 174 valence electrons. The van der Waals surface area contributed by atoms with E-state index in [1.54, 1.807) is 34.6 Å². The van der Waals surface area contributed by atoms with Crippen molar-refractivity contribution < 1.29 is 36.4 Å². The second-order valence-corrected chi connectivity index (χ2v) is 10.6. The minimum absolute atomic E-state index is 0.112. The molecule has 1 unspecified atom stereocenters. The first kappa shape index (κ1) is 25.1. The summed E-state index contributed by atoms with van der Waals surface area (Å²) in [6.07, 6.45) is -1.62. The number of rotatable bonds is 5. The monoisotopic (exact) mass is 464 g/mol. The highest BCUT2D eigenvalue weighted by Gasteiger charge is 2.51. The molecule has 0 radical (unpaired) electrons. The Morgan fingerprint density at radius 2 is 1.77 bits per heavy atom. The lowest BCUT2D eigenvalue weighted by Crippen LogP contribution is -2.50. The topological polar surface area (TPSA) is 85.3 Å². The first-order valence-electron chi connectivity index (χ1n) is 9.53. The van der Waals surface area contributed by atoms with Crippen LogP contribution in [0.3, 0.4) is 0 Å². The van der Waals surface area contributed by atoms with Crippen LogP contribution < -0.4 is 0 Å². The molecule has 1 heterocycles. The molecule has 2 amide bonds. The van der Waals surface area contributed by atoms with Crippen molar-refractivity contribution in [3.63, 3.8) is 0 Å². The zero-order valence-electron chi connectivity index (χ0n) is 18.1. The quantitative estimate of drug-likeness (QED) is 0.648. The minimum atomic E-state index is -3.77. The Balaban J connectivity index is 2.38. The number of ether oxygens (including phenoxy) is 2. The zero-order valence-corrected chi connectivity index (χ0v) is 18.9. The Morgan fingerprint density at radius 1 is 1.19 bits per heavy atom. The maximum Gasteiger partial charge on any atom is 0.413 e. The number of nitrogens with zero attached hydrogens (tertiary/aromatic N) is 2. The van der Waals surface area contributed by atoms with Crippen molar-refractivity contribution in [3.05, 3.63) is 29.8 Å². The average molecular weight is 465 g/mol. The Labute approximate surface area is 180 Å². The zero-order chi connectivity index (χ0) is 23.6. The minimum Gasteiger partial charge on any atom is -0.444 e. The molecule has 0 spiro atoms. The molecule has 0 bridgehead atoms. The van der Waals surface area contributed by atoms with Gasteiger partial charge >= 0.3 is 6.09 Å². The molecule has 31 heavy (non-hydrogen) atoms. The molecule has 0 aromatic heterocycles. The van der Waals surface area contributed by atoms with Crippen LogP contribution in [0.15, 0.2) is 33.5 Å². The van der Waals surface area contributed by atoms with E-state index < -0.39 is 64.6 Å². The largest absolute Gasteiger partial charge is 0.444 e. The van der Waals surface area contributed by atoms with Crippen molar-refractivity contribution in [1.82, 2.24) is 4.90 Å². The van der Waals surface area contributed by atoms with E-state index in [1.165, 1.54) is 29.2 Å². The van der Waals surface area contributed by atoms with Crippen molar-refractivity contribution in [3.8, 4) is 0 Å². The average Bonchev–Trinajstić information content (AvgIpc) is 2.97. The van der Waals surface area contributed by atoms with Crippen LogP contribution in [0.4, 0.5) is 18.0 Å². The van der Waals surface area contributed by atoms with Gasteiger partial charge in [0.25, 0.3) is 5.91 Å². The molecule has 1 aliphatic rings. The predicted molar refractivity (Wildman–Crippen MR) is 108 cm³/mol. The van der Waals surface area contributed by atoms with E-state index in [-0.39, 0.29) is 4.90 Å². The van der Waals surface area contributed by atoms with Gasteiger partial charge in [-0.3, -0.25) is 9.69 Å². The van der Waals surface area contributed by atoms with Crippen LogP contribution in [0.1, 0.15) is 46.3 Å². The number of carbonyl (C=O) groups excluding carboxylic acids is 2. The lowest BCUT2D eigenvalue weighted by molar-refractivity contribution is -0.118. The number of hydrogen-bond donors (Lipinski definition) is 0. The van der Waals surface area contributed by atoms with Gasteiger partial charge < -0.3 is 9.47 Å². The molecule has 0 N–H and O–H groups in total. The molecule has 0 aliphatic carbocycles. The maximum absolute atomic E-state index is 14.0. The van der Waals surface area contributed by atoms with Crippen LogP contribution in [0.25, 0.3) is 0 Å². The summed E-state index contributed by atoms with van der Waals surface area (Å²) < 4.78 is 66.8. The van der Waals surface area contributed by atoms with Gasteiger partial charge in [-0.05, 0) is 52.3 Å². The summed E-state index contributed by atoms with van der Waals surface area (Å²) in [7, 11) is -3.77. The summed E-state index contributed by atoms with van der Waals surface area (Å²) in [5, 5.41) is 0. The lowest BCUT2D eigenvalue weighted by atomic mass is 10.0. The molecule has 1 saturated heterocycles. The third-order valence-electron chi connectivity index (χ3n) is 4.51. The second-order valence-electron chi connectivity index (χ2n) is 8.49. The molecule has 1 fully saturated rings. The fourth-order valence-electron chi connectivity index (χ4n) is 3.29. The van der Waals surface area contributed by atoms with Crippen molar-refractivity contribution in [2.75, 3.05) is 19.4 Å². The highest BCUT2D eigenvalue weighted by atomic mass is 32.2. The van der Waals surface area contributed by atoms with Crippen LogP contribution in [0, 0.1) is 0 Å². The third-order valence-corrected chi connectivity index (χ3v) is 6.32. The van der Waals surface area contributed by atoms with Crippen LogP contribution >= 0.6 is 0 Å². The van der Waals surface area contributed by atoms with Crippen LogP contribution in [-0.2, 0) is 24.0 Å². The van der Waals surface area contributed by atoms with E-state index >= 15 is 0 Å². The summed E-state index contributed by atoms with van der Waals surface area (Å²) in [5.74, 6) is -1.32. The first-order valence-corrected chi connectivity index (χ1v) is 11.2. The Kier molecular flexibility index (Phi) is 7.42. The van der Waals surface area contributed by atoms with E-state index in [0.717, 1.165) is 0 Å². The molecule has 11 heteroatoms. The summed E-state index contributed by atoms with van der Waals surface area (Å²) in [5.41, 5.74) is -1.54. The van der Waals surface area contributed by atoms with E-state index in [0.29, 0.717) is 5.56 Å². The fourth-order valence-corrected chi connectivity index (χ4v) is 4.51. The van der Waals surface area contributed by atoms with Gasteiger partial charge in [0, 0.05) is 0 Å². The van der Waals surface area contributed by atoms with Crippen LogP contribution in [-0.4, -0.2) is 57.8 Å². The Hall–Kier alpha value is -2.14. The van der Waals surface area contributed by atoms with Gasteiger partial charge in [0.1, 0.15) is 33.8 Å². The van der Waals surface area contributed by atoms with Crippen LogP contribution in [0.2, 0.25) is 0 Å². The number of amides is 2. The lowest BCUT2D eigenvalue weighted by Gasteiger charge is -2.34. The smallest absolute Gasteiger partial charge is 0.413 e.